The average Bonchev–Trinajstić information content (AvgIpc) is 3.36. The van der Waals surface area contributed by atoms with Crippen LogP contribution in [0.4, 0.5) is 10.8 Å². The molecule has 0 saturated heterocycles. The fourth-order valence-corrected chi connectivity index (χ4v) is 5.18. The van der Waals surface area contributed by atoms with Crippen LogP contribution in [-0.4, -0.2) is 33.2 Å². The first-order chi connectivity index (χ1) is 19.2. The van der Waals surface area contributed by atoms with Gasteiger partial charge < -0.3 is 10.6 Å². The number of aryl methyl sites for hydroxylation is 1. The van der Waals surface area contributed by atoms with Gasteiger partial charge in [0.2, 0.25) is 11.0 Å². The van der Waals surface area contributed by atoms with E-state index in [0.717, 1.165) is 9.90 Å². The van der Waals surface area contributed by atoms with Crippen LogP contribution in [0.3, 0.4) is 0 Å². The molecule has 3 amide bonds. The van der Waals surface area contributed by atoms with E-state index < -0.39 is 17.1 Å². The fraction of sp³-hybridized carbons (Fsp3) is 0.107. The Kier molecular flexibility index (Phi) is 9.94. The van der Waals surface area contributed by atoms with Crippen molar-refractivity contribution in [3.05, 3.63) is 105 Å². The van der Waals surface area contributed by atoms with Crippen molar-refractivity contribution >= 4 is 80.9 Å². The van der Waals surface area contributed by atoms with E-state index in [4.69, 9.17) is 23.2 Å². The van der Waals surface area contributed by atoms with Gasteiger partial charge in [-0.1, -0.05) is 64.9 Å². The van der Waals surface area contributed by atoms with Crippen LogP contribution in [0.15, 0.2) is 83.4 Å². The Morgan fingerprint density at radius 3 is 2.33 bits per heavy atom. The average molecular weight is 613 g/mol. The van der Waals surface area contributed by atoms with E-state index in [0.29, 0.717) is 27.0 Å². The lowest BCUT2D eigenvalue weighted by atomic mass is 10.1. The second kappa shape index (κ2) is 13.6. The molecule has 1 atom stereocenters. The summed E-state index contributed by atoms with van der Waals surface area (Å²) in [5, 5.41) is 17.4. The number of amides is 3. The normalized spacial score (nSPS) is 11.9. The van der Waals surface area contributed by atoms with Crippen molar-refractivity contribution < 1.29 is 14.4 Å². The first kappa shape index (κ1) is 29.3. The smallest absolute Gasteiger partial charge is 0.272 e. The summed E-state index contributed by atoms with van der Waals surface area (Å²) in [5.41, 5.74) is 1.33. The molecule has 0 radical (unpaired) electrons. The SMILES string of the molecule is Cc1nnc(NC(=O)C(C)Sc2ccc(NC(=O)/C(=C/c3cccc(Cl)c3Cl)NC(=O)c3ccccc3)cc2)s1. The molecule has 8 nitrogen and oxygen atoms in total. The van der Waals surface area contributed by atoms with Crippen molar-refractivity contribution in [2.75, 3.05) is 10.6 Å². The highest BCUT2D eigenvalue weighted by Crippen LogP contribution is 2.28. The standard InChI is InChI=1S/C28H23Cl2N5O3S2/c1-16(25(36)33-28-35-34-17(2)40-28)39-21-13-11-20(12-14-21)31-27(38)23(15-19-9-6-10-22(29)24(19)30)32-26(37)18-7-4-3-5-8-18/h3-16H,1-2H3,(H,31,38)(H,32,37)(H,33,35,36)/b23-15-. The van der Waals surface area contributed by atoms with E-state index in [2.05, 4.69) is 26.1 Å². The molecule has 4 aromatic rings. The third-order valence-electron chi connectivity index (χ3n) is 5.36. The number of thioether (sulfide) groups is 1. The zero-order chi connectivity index (χ0) is 28.6. The van der Waals surface area contributed by atoms with Gasteiger partial charge in [0.25, 0.3) is 11.8 Å². The van der Waals surface area contributed by atoms with Crippen LogP contribution in [0, 0.1) is 6.92 Å². The second-order valence-corrected chi connectivity index (χ2v) is 11.8. The minimum atomic E-state index is -0.555. The number of hydrogen-bond acceptors (Lipinski definition) is 7. The number of benzene rings is 3. The van der Waals surface area contributed by atoms with Crippen LogP contribution in [0.5, 0.6) is 0 Å². The first-order valence-corrected chi connectivity index (χ1v) is 14.4. The number of rotatable bonds is 9. The van der Waals surface area contributed by atoms with Gasteiger partial charge in [0.1, 0.15) is 10.7 Å². The molecule has 3 N–H and O–H groups in total. The van der Waals surface area contributed by atoms with E-state index >= 15 is 0 Å². The summed E-state index contributed by atoms with van der Waals surface area (Å²) in [4.78, 5) is 39.4. The zero-order valence-corrected chi connectivity index (χ0v) is 24.4. The fourth-order valence-electron chi connectivity index (χ4n) is 3.36. The number of halogens is 2. The van der Waals surface area contributed by atoms with Crippen molar-refractivity contribution in [3.63, 3.8) is 0 Å². The maximum atomic E-state index is 13.3. The molecule has 1 unspecified atom stereocenters. The summed E-state index contributed by atoms with van der Waals surface area (Å²) in [6, 6.07) is 20.5. The molecule has 204 valence electrons. The predicted octanol–water partition coefficient (Wildman–Crippen LogP) is 6.68. The number of carbonyl (C=O) groups excluding carboxylic acids is 3. The zero-order valence-electron chi connectivity index (χ0n) is 21.3. The van der Waals surface area contributed by atoms with Crippen molar-refractivity contribution in [2.24, 2.45) is 0 Å². The van der Waals surface area contributed by atoms with Gasteiger partial charge in [-0.2, -0.15) is 0 Å². The van der Waals surface area contributed by atoms with E-state index in [-0.39, 0.29) is 16.6 Å². The molecule has 4 rings (SSSR count). The molecule has 3 aromatic carbocycles. The minimum Gasteiger partial charge on any atom is -0.321 e. The van der Waals surface area contributed by atoms with Gasteiger partial charge in [-0.05, 0) is 68.0 Å². The number of anilines is 2. The van der Waals surface area contributed by atoms with Gasteiger partial charge in [-0.25, -0.2) is 0 Å². The molecule has 0 fully saturated rings. The number of hydrogen-bond donors (Lipinski definition) is 3. The van der Waals surface area contributed by atoms with Crippen LogP contribution in [-0.2, 0) is 9.59 Å². The van der Waals surface area contributed by atoms with E-state index in [9.17, 15) is 14.4 Å². The van der Waals surface area contributed by atoms with Crippen LogP contribution < -0.4 is 16.0 Å². The highest BCUT2D eigenvalue weighted by Gasteiger charge is 2.18. The van der Waals surface area contributed by atoms with Gasteiger partial charge in [0.15, 0.2) is 0 Å². The Bertz CT molecular complexity index is 1560. The Morgan fingerprint density at radius 1 is 0.925 bits per heavy atom. The molecule has 1 aromatic heterocycles. The molecule has 0 aliphatic carbocycles. The lowest BCUT2D eigenvalue weighted by Gasteiger charge is -2.13. The van der Waals surface area contributed by atoms with Crippen LogP contribution in [0.1, 0.15) is 27.9 Å². The van der Waals surface area contributed by atoms with E-state index in [1.165, 1.54) is 29.2 Å². The van der Waals surface area contributed by atoms with Gasteiger partial charge >= 0.3 is 0 Å². The quantitative estimate of drug-likeness (QED) is 0.144. The van der Waals surface area contributed by atoms with Gasteiger partial charge in [0.05, 0.1) is 15.3 Å². The first-order valence-electron chi connectivity index (χ1n) is 11.9. The Morgan fingerprint density at radius 2 is 1.65 bits per heavy atom. The molecule has 40 heavy (non-hydrogen) atoms. The lowest BCUT2D eigenvalue weighted by Crippen LogP contribution is -2.30. The largest absolute Gasteiger partial charge is 0.321 e. The summed E-state index contributed by atoms with van der Waals surface area (Å²) in [5.74, 6) is -1.20. The summed E-state index contributed by atoms with van der Waals surface area (Å²) >= 11 is 15.1. The Labute approximate surface area is 249 Å². The molecule has 12 heteroatoms. The topological polar surface area (TPSA) is 113 Å². The van der Waals surface area contributed by atoms with E-state index in [1.54, 1.807) is 79.7 Å². The summed E-state index contributed by atoms with van der Waals surface area (Å²) < 4.78 is 0. The van der Waals surface area contributed by atoms with Crippen molar-refractivity contribution in [1.82, 2.24) is 15.5 Å². The highest BCUT2D eigenvalue weighted by molar-refractivity contribution is 8.00. The van der Waals surface area contributed by atoms with E-state index in [1.807, 2.05) is 6.92 Å². The van der Waals surface area contributed by atoms with Crippen molar-refractivity contribution in [2.45, 2.75) is 24.0 Å². The number of nitrogens with one attached hydrogen (secondary N) is 3. The van der Waals surface area contributed by atoms with Gasteiger partial charge in [-0.15, -0.1) is 22.0 Å². The second-order valence-electron chi connectivity index (χ2n) is 8.38. The molecular formula is C28H23Cl2N5O3S2. The minimum absolute atomic E-state index is 0.0197. The number of aromatic nitrogens is 2. The molecule has 1 heterocycles. The van der Waals surface area contributed by atoms with Crippen LogP contribution >= 0.6 is 46.3 Å². The Hall–Kier alpha value is -3.70. The molecule has 0 aliphatic heterocycles. The summed E-state index contributed by atoms with van der Waals surface area (Å²) in [6.45, 7) is 3.60. The molecule has 0 spiro atoms. The van der Waals surface area contributed by atoms with Gasteiger partial charge in [0, 0.05) is 16.1 Å². The highest BCUT2D eigenvalue weighted by atomic mass is 35.5. The maximum absolute atomic E-state index is 13.3. The summed E-state index contributed by atoms with van der Waals surface area (Å²) in [6.07, 6.45) is 1.47. The number of nitrogens with zero attached hydrogens (tertiary/aromatic N) is 2. The van der Waals surface area contributed by atoms with Crippen LogP contribution in [0.2, 0.25) is 10.0 Å². The summed E-state index contributed by atoms with van der Waals surface area (Å²) in [7, 11) is 0. The van der Waals surface area contributed by atoms with Gasteiger partial charge in [-0.3, -0.25) is 19.7 Å². The predicted molar refractivity (Wildman–Crippen MR) is 162 cm³/mol. The monoisotopic (exact) mass is 611 g/mol. The lowest BCUT2D eigenvalue weighted by molar-refractivity contribution is -0.115. The van der Waals surface area contributed by atoms with Crippen molar-refractivity contribution in [1.29, 1.82) is 0 Å². The molecular weight excluding hydrogens is 589 g/mol. The molecule has 0 saturated carbocycles. The molecule has 0 bridgehead atoms. The third kappa shape index (κ3) is 7.92. The third-order valence-corrected chi connectivity index (χ3v) is 8.06. The molecule has 0 aliphatic rings. The maximum Gasteiger partial charge on any atom is 0.272 e. The van der Waals surface area contributed by atoms with Crippen molar-refractivity contribution in [3.8, 4) is 0 Å². The number of carbonyl (C=O) groups is 3. The Balaban J connectivity index is 1.46. The van der Waals surface area contributed by atoms with Crippen LogP contribution in [0.25, 0.3) is 6.08 Å².